The Kier molecular flexibility index (Phi) is 6.76. The van der Waals surface area contributed by atoms with Crippen molar-refractivity contribution in [3.05, 3.63) is 59.7 Å². The molecule has 3 atom stereocenters. The number of hydrogen-bond donors (Lipinski definition) is 5. The first-order valence-electron chi connectivity index (χ1n) is 10.1. The van der Waals surface area contributed by atoms with Crippen LogP contribution in [0.2, 0.25) is 0 Å². The molecule has 31 heavy (non-hydrogen) atoms. The summed E-state index contributed by atoms with van der Waals surface area (Å²) in [5, 5.41) is 20.5. The number of aliphatic hydroxyl groups excluding tert-OH is 1. The van der Waals surface area contributed by atoms with Crippen LogP contribution in [0.5, 0.6) is 0 Å². The van der Waals surface area contributed by atoms with Crippen molar-refractivity contribution in [3.8, 4) is 23.0 Å². The zero-order valence-corrected chi connectivity index (χ0v) is 17.6. The molecule has 3 rings (SSSR count). The molecule has 0 aromatic heterocycles. The van der Waals surface area contributed by atoms with E-state index < -0.39 is 23.4 Å². The summed E-state index contributed by atoms with van der Waals surface area (Å²) in [7, 11) is 0. The van der Waals surface area contributed by atoms with Gasteiger partial charge in [0.2, 0.25) is 0 Å². The number of carbonyl (C=O) groups excluding carboxylic acids is 2. The molecule has 7 nitrogen and oxygen atoms in total. The monoisotopic (exact) mass is 421 g/mol. The number of nitrogens with two attached hydrogens (primary N) is 1. The number of benzene rings is 2. The summed E-state index contributed by atoms with van der Waals surface area (Å²) in [5.41, 5.74) is 9.62. The topological polar surface area (TPSA) is 125 Å². The molecule has 2 amide bonds. The molecule has 0 saturated heterocycles. The minimum atomic E-state index is -1.10. The summed E-state index contributed by atoms with van der Waals surface area (Å²) in [5.74, 6) is 5.70. The Bertz CT molecular complexity index is 998. The molecule has 0 aliphatic heterocycles. The van der Waals surface area contributed by atoms with E-state index in [1.54, 1.807) is 26.0 Å². The lowest BCUT2D eigenvalue weighted by atomic mass is 9.94. The fourth-order valence-electron chi connectivity index (χ4n) is 3.23. The van der Waals surface area contributed by atoms with Gasteiger partial charge in [0, 0.05) is 29.2 Å². The summed E-state index contributed by atoms with van der Waals surface area (Å²) in [6.45, 7) is 3.37. The maximum absolute atomic E-state index is 12.5. The van der Waals surface area contributed by atoms with E-state index in [0.29, 0.717) is 17.4 Å². The molecule has 0 heterocycles. The molecule has 2 aromatic carbocycles. The van der Waals surface area contributed by atoms with Gasteiger partial charge in [0.25, 0.3) is 11.8 Å². The molecule has 2 unspecified atom stereocenters. The fourth-order valence-corrected chi connectivity index (χ4v) is 3.23. The minimum Gasteiger partial charge on any atom is -0.396 e. The second-order valence-electron chi connectivity index (χ2n) is 8.41. The molecule has 1 fully saturated rings. The van der Waals surface area contributed by atoms with E-state index >= 15 is 0 Å². The highest BCUT2D eigenvalue weighted by Crippen LogP contribution is 2.37. The van der Waals surface area contributed by atoms with Crippen molar-refractivity contribution >= 4 is 11.8 Å². The first-order chi connectivity index (χ1) is 14.7. The van der Waals surface area contributed by atoms with Gasteiger partial charge in [-0.25, -0.2) is 5.48 Å². The lowest BCUT2D eigenvalue weighted by Gasteiger charge is -2.29. The normalized spacial score (nSPS) is 18.4. The van der Waals surface area contributed by atoms with Crippen molar-refractivity contribution in [2.24, 2.45) is 17.6 Å². The number of amides is 2. The lowest BCUT2D eigenvalue weighted by molar-refractivity contribution is -0.132. The van der Waals surface area contributed by atoms with Crippen LogP contribution in [0.25, 0.3) is 11.1 Å². The molecule has 0 spiro atoms. The molecule has 1 aliphatic rings. The van der Waals surface area contributed by atoms with Gasteiger partial charge in [-0.3, -0.25) is 14.8 Å². The number of hydroxylamine groups is 1. The average Bonchev–Trinajstić information content (AvgIpc) is 3.54. The summed E-state index contributed by atoms with van der Waals surface area (Å²) in [6, 6.07) is 13.7. The molecular formula is C24H27N3O4. The quantitative estimate of drug-likeness (QED) is 0.276. The van der Waals surface area contributed by atoms with E-state index in [2.05, 4.69) is 17.2 Å². The lowest BCUT2D eigenvalue weighted by Crippen LogP contribution is -2.61. The number of carbonyl (C=O) groups is 2. The zero-order chi connectivity index (χ0) is 22.6. The molecule has 0 bridgehead atoms. The molecule has 1 saturated carbocycles. The third-order valence-electron chi connectivity index (χ3n) is 5.32. The summed E-state index contributed by atoms with van der Waals surface area (Å²) < 4.78 is 0. The maximum Gasteiger partial charge on any atom is 0.267 e. The highest BCUT2D eigenvalue weighted by Gasteiger charge is 2.35. The zero-order valence-electron chi connectivity index (χ0n) is 17.6. The molecule has 2 aromatic rings. The van der Waals surface area contributed by atoms with Crippen molar-refractivity contribution in [1.82, 2.24) is 10.8 Å². The van der Waals surface area contributed by atoms with Crippen LogP contribution in [0.4, 0.5) is 0 Å². The Hall–Kier alpha value is -3.18. The minimum absolute atomic E-state index is 0.200. The second kappa shape index (κ2) is 9.31. The predicted octanol–water partition coefficient (Wildman–Crippen LogP) is 1.67. The van der Waals surface area contributed by atoms with Crippen LogP contribution < -0.4 is 16.5 Å². The van der Waals surface area contributed by atoms with Gasteiger partial charge in [0.05, 0.1) is 0 Å². The van der Waals surface area contributed by atoms with Crippen LogP contribution in [0, 0.1) is 23.7 Å². The molecular weight excluding hydrogens is 394 g/mol. The Balaban J connectivity index is 1.67. The van der Waals surface area contributed by atoms with Gasteiger partial charge in [-0.1, -0.05) is 36.1 Å². The molecule has 1 aliphatic carbocycles. The van der Waals surface area contributed by atoms with Crippen LogP contribution in [0.1, 0.15) is 36.2 Å². The van der Waals surface area contributed by atoms with Gasteiger partial charge in [-0.05, 0) is 61.6 Å². The van der Waals surface area contributed by atoms with Gasteiger partial charge in [0.1, 0.15) is 6.04 Å². The van der Waals surface area contributed by atoms with Crippen LogP contribution >= 0.6 is 0 Å². The van der Waals surface area contributed by atoms with Crippen molar-refractivity contribution in [1.29, 1.82) is 0 Å². The highest BCUT2D eigenvalue weighted by atomic mass is 16.5. The molecule has 0 radical (unpaired) electrons. The van der Waals surface area contributed by atoms with Crippen LogP contribution in [0.15, 0.2) is 48.5 Å². The van der Waals surface area contributed by atoms with E-state index in [1.807, 2.05) is 36.4 Å². The Labute approximate surface area is 181 Å². The standard InChI is InChI=1S/C24H27N3O4/c1-24(2,25)21(23(30)27-31)26-22(29)18-11-9-17(10-12-18)16-6-3-15(4-7-16)5-8-19-13-20(19)14-28/h3-4,6-7,9-12,19-21,28,31H,13-14,25H2,1-2H3,(H,26,29)(H,27,30)/t19?,20?,21-/m1/s1. The number of aliphatic hydroxyl groups is 1. The average molecular weight is 421 g/mol. The van der Waals surface area contributed by atoms with E-state index in [4.69, 9.17) is 16.0 Å². The van der Waals surface area contributed by atoms with Gasteiger partial charge < -0.3 is 16.2 Å². The van der Waals surface area contributed by atoms with Crippen LogP contribution in [0.3, 0.4) is 0 Å². The number of nitrogens with one attached hydrogen (secondary N) is 2. The third kappa shape index (κ3) is 5.70. The van der Waals surface area contributed by atoms with E-state index in [0.717, 1.165) is 23.1 Å². The van der Waals surface area contributed by atoms with E-state index in [1.165, 1.54) is 5.48 Å². The Morgan fingerprint density at radius 1 is 1.13 bits per heavy atom. The van der Waals surface area contributed by atoms with Gasteiger partial charge in [0.15, 0.2) is 0 Å². The first kappa shape index (κ1) is 22.5. The summed E-state index contributed by atoms with van der Waals surface area (Å²) in [6.07, 6.45) is 0.968. The second-order valence-corrected chi connectivity index (χ2v) is 8.41. The van der Waals surface area contributed by atoms with Crippen molar-refractivity contribution in [2.75, 3.05) is 6.61 Å². The smallest absolute Gasteiger partial charge is 0.267 e. The van der Waals surface area contributed by atoms with Crippen LogP contribution in [-0.2, 0) is 4.79 Å². The molecule has 162 valence electrons. The van der Waals surface area contributed by atoms with Crippen molar-refractivity contribution in [3.63, 3.8) is 0 Å². The first-order valence-corrected chi connectivity index (χ1v) is 10.1. The summed E-state index contributed by atoms with van der Waals surface area (Å²) >= 11 is 0. The molecule has 6 N–H and O–H groups in total. The van der Waals surface area contributed by atoms with E-state index in [-0.39, 0.29) is 6.61 Å². The fraction of sp³-hybridized carbons (Fsp3) is 0.333. The SMILES string of the molecule is CC(C)(N)[C@H](NC(=O)c1ccc(-c2ccc(C#CC3CC3CO)cc2)cc1)C(=O)NO. The number of hydrogen-bond acceptors (Lipinski definition) is 5. The van der Waals surface area contributed by atoms with Gasteiger partial charge in [-0.15, -0.1) is 0 Å². The van der Waals surface area contributed by atoms with Crippen molar-refractivity contribution in [2.45, 2.75) is 31.8 Å². The maximum atomic E-state index is 12.5. The largest absolute Gasteiger partial charge is 0.396 e. The Morgan fingerprint density at radius 3 is 2.19 bits per heavy atom. The van der Waals surface area contributed by atoms with Gasteiger partial charge in [-0.2, -0.15) is 0 Å². The predicted molar refractivity (Wildman–Crippen MR) is 117 cm³/mol. The summed E-state index contributed by atoms with van der Waals surface area (Å²) in [4.78, 5) is 24.4. The van der Waals surface area contributed by atoms with Crippen LogP contribution in [-0.4, -0.2) is 40.3 Å². The van der Waals surface area contributed by atoms with Crippen molar-refractivity contribution < 1.29 is 19.9 Å². The molecule has 7 heteroatoms. The Morgan fingerprint density at radius 2 is 1.71 bits per heavy atom. The van der Waals surface area contributed by atoms with E-state index in [9.17, 15) is 9.59 Å². The third-order valence-corrected chi connectivity index (χ3v) is 5.32. The highest BCUT2D eigenvalue weighted by molar-refractivity contribution is 5.98. The number of rotatable bonds is 6. The van der Waals surface area contributed by atoms with Gasteiger partial charge >= 0.3 is 0 Å².